The maximum absolute atomic E-state index is 5.31. The minimum Gasteiger partial charge on any atom is -0.330 e. The van der Waals surface area contributed by atoms with Crippen molar-refractivity contribution in [2.24, 2.45) is 23.5 Å². The molecule has 0 atom stereocenters. The molecule has 3 N–H and O–H groups in total. The van der Waals surface area contributed by atoms with E-state index in [0.29, 0.717) is 0 Å². The van der Waals surface area contributed by atoms with Gasteiger partial charge in [-0.05, 0) is 50.2 Å². The Morgan fingerprint density at radius 1 is 0.739 bits per heavy atom. The van der Waals surface area contributed by atoms with Gasteiger partial charge in [0.1, 0.15) is 0 Å². The van der Waals surface area contributed by atoms with Crippen molar-refractivity contribution in [1.29, 1.82) is 0 Å². The van der Waals surface area contributed by atoms with E-state index in [1.807, 2.05) is 0 Å². The highest BCUT2D eigenvalue weighted by Gasteiger charge is 1.91. The van der Waals surface area contributed by atoms with Crippen LogP contribution in [0.4, 0.5) is 0 Å². The van der Waals surface area contributed by atoms with Crippen molar-refractivity contribution in [2.75, 3.05) is 19.6 Å². The summed E-state index contributed by atoms with van der Waals surface area (Å²) < 4.78 is 0. The molecule has 0 saturated heterocycles. The molecule has 0 radical (unpaired) electrons. The molecule has 0 amide bonds. The molecule has 0 aromatic heterocycles. The minimum atomic E-state index is 0. The van der Waals surface area contributed by atoms with Crippen LogP contribution < -0.4 is 11.1 Å². The fraction of sp³-hybridized carbons (Fsp3) is 1.00. The lowest BCUT2D eigenvalue weighted by atomic mass is 10.1. The van der Waals surface area contributed by atoms with Crippen LogP contribution in [-0.2, 0) is 0 Å². The van der Waals surface area contributed by atoms with Crippen molar-refractivity contribution < 1.29 is 0 Å². The molecule has 0 aliphatic rings. The number of rotatable bonds is 10. The summed E-state index contributed by atoms with van der Waals surface area (Å²) in [4.78, 5) is 0. The second-order valence-corrected chi connectivity index (χ2v) is 7.40. The number of hydrogen-bond acceptors (Lipinski definition) is 2. The van der Waals surface area contributed by atoms with Gasteiger partial charge < -0.3 is 11.1 Å². The summed E-state index contributed by atoms with van der Waals surface area (Å²) in [5.41, 5.74) is 5.31. The zero-order valence-electron chi connectivity index (χ0n) is 17.2. The first-order valence-electron chi connectivity index (χ1n) is 9.72. The monoisotopic (exact) mass is 332 g/mol. The van der Waals surface area contributed by atoms with Crippen LogP contribution in [0.15, 0.2) is 0 Å². The fourth-order valence-electron chi connectivity index (χ4n) is 1.84. The molecule has 0 aromatic carbocycles. The molecule has 2 heteroatoms. The first kappa shape index (κ1) is 30.8. The molecule has 2 nitrogen and oxygen atoms in total. The molecule has 0 bridgehead atoms. The van der Waals surface area contributed by atoms with Gasteiger partial charge >= 0.3 is 0 Å². The zero-order valence-corrected chi connectivity index (χ0v) is 17.2. The minimum absolute atomic E-state index is 0. The summed E-state index contributed by atoms with van der Waals surface area (Å²) >= 11 is 0. The summed E-state index contributed by atoms with van der Waals surface area (Å²) in [6.07, 6.45) is 7.83. The molecule has 0 unspecified atom stereocenters. The number of nitrogens with two attached hydrogens (primary N) is 1. The Kier molecular flexibility index (Phi) is 35.8. The number of unbranched alkanes of at least 4 members (excludes halogenated alkanes) is 1. The van der Waals surface area contributed by atoms with Crippen molar-refractivity contribution >= 4 is 0 Å². The SMILES string of the molecule is C.CC(C)CCCCN.CCCC(C)C.CCNCCC(C)C. The highest BCUT2D eigenvalue weighted by molar-refractivity contribution is 4.47. The van der Waals surface area contributed by atoms with Gasteiger partial charge in [-0.25, -0.2) is 0 Å². The number of hydrogen-bond donors (Lipinski definition) is 2. The van der Waals surface area contributed by atoms with E-state index in [1.54, 1.807) is 0 Å². The van der Waals surface area contributed by atoms with Crippen molar-refractivity contribution in [2.45, 2.75) is 101 Å². The molecule has 0 rings (SSSR count). The van der Waals surface area contributed by atoms with Crippen LogP contribution in [-0.4, -0.2) is 19.6 Å². The molecular weight excluding hydrogens is 280 g/mol. The lowest BCUT2D eigenvalue weighted by molar-refractivity contribution is 0.541. The van der Waals surface area contributed by atoms with Crippen LogP contribution in [0.3, 0.4) is 0 Å². The summed E-state index contributed by atoms with van der Waals surface area (Å²) in [7, 11) is 0. The largest absolute Gasteiger partial charge is 0.330 e. The Bertz CT molecular complexity index is 151. The van der Waals surface area contributed by atoms with Gasteiger partial charge in [-0.15, -0.1) is 0 Å². The lowest BCUT2D eigenvalue weighted by Crippen LogP contribution is -2.15. The summed E-state index contributed by atoms with van der Waals surface area (Å²) in [5, 5.41) is 3.28. The van der Waals surface area contributed by atoms with E-state index < -0.39 is 0 Å². The van der Waals surface area contributed by atoms with E-state index in [2.05, 4.69) is 60.7 Å². The lowest BCUT2D eigenvalue weighted by Gasteiger charge is -2.02. The molecule has 0 aromatic rings. The Morgan fingerprint density at radius 3 is 1.48 bits per heavy atom. The van der Waals surface area contributed by atoms with Gasteiger partial charge in [0.2, 0.25) is 0 Å². The predicted molar refractivity (Wildman–Crippen MR) is 112 cm³/mol. The third-order valence-corrected chi connectivity index (χ3v) is 3.25. The standard InChI is InChI=1S/2C7H17N.C6H14.CH4/c1-7(2)5-3-4-6-8;1-4-8-6-5-7(2)3;1-4-5-6(2)3;/h7H,3-6,8H2,1-2H3;7-8H,4-6H2,1-3H3;6H,4-5H2,1-3H3;1H4. The van der Waals surface area contributed by atoms with Gasteiger partial charge in [0, 0.05) is 0 Å². The Morgan fingerprint density at radius 2 is 1.22 bits per heavy atom. The van der Waals surface area contributed by atoms with Crippen molar-refractivity contribution in [3.05, 3.63) is 0 Å². The molecule has 0 saturated carbocycles. The van der Waals surface area contributed by atoms with Gasteiger partial charge in [0.15, 0.2) is 0 Å². The van der Waals surface area contributed by atoms with Crippen LogP contribution in [0.1, 0.15) is 101 Å². The van der Waals surface area contributed by atoms with Crippen molar-refractivity contribution in [3.63, 3.8) is 0 Å². The number of nitrogens with one attached hydrogen (secondary N) is 1. The third kappa shape index (κ3) is 52.1. The Balaban J connectivity index is -0.000000117. The smallest absolute Gasteiger partial charge is 0.00466 e. The molecule has 0 aliphatic carbocycles. The second kappa shape index (κ2) is 26.8. The zero-order chi connectivity index (χ0) is 17.8. The van der Waals surface area contributed by atoms with E-state index in [0.717, 1.165) is 30.8 Å². The van der Waals surface area contributed by atoms with E-state index in [1.165, 1.54) is 45.1 Å². The third-order valence-electron chi connectivity index (χ3n) is 3.25. The van der Waals surface area contributed by atoms with Crippen LogP contribution >= 0.6 is 0 Å². The van der Waals surface area contributed by atoms with E-state index >= 15 is 0 Å². The Labute approximate surface area is 150 Å². The molecule has 23 heavy (non-hydrogen) atoms. The van der Waals surface area contributed by atoms with E-state index in [-0.39, 0.29) is 7.43 Å². The summed E-state index contributed by atoms with van der Waals surface area (Å²) in [6.45, 7) is 21.0. The second-order valence-electron chi connectivity index (χ2n) is 7.40. The van der Waals surface area contributed by atoms with Crippen LogP contribution in [0.2, 0.25) is 0 Å². The van der Waals surface area contributed by atoms with Gasteiger partial charge in [0.25, 0.3) is 0 Å². The normalized spacial score (nSPS) is 9.91. The maximum Gasteiger partial charge on any atom is -0.00466 e. The molecule has 0 spiro atoms. The molecule has 0 fully saturated rings. The van der Waals surface area contributed by atoms with Crippen LogP contribution in [0.5, 0.6) is 0 Å². The molecule has 0 heterocycles. The highest BCUT2D eigenvalue weighted by atomic mass is 14.8. The van der Waals surface area contributed by atoms with Crippen molar-refractivity contribution in [3.8, 4) is 0 Å². The van der Waals surface area contributed by atoms with Crippen molar-refractivity contribution in [1.82, 2.24) is 5.32 Å². The van der Waals surface area contributed by atoms with Crippen LogP contribution in [0.25, 0.3) is 0 Å². The predicted octanol–water partition coefficient (Wildman–Crippen LogP) is 6.49. The van der Waals surface area contributed by atoms with Gasteiger partial charge in [-0.3, -0.25) is 0 Å². The van der Waals surface area contributed by atoms with Gasteiger partial charge in [-0.1, -0.05) is 88.5 Å². The van der Waals surface area contributed by atoms with Crippen LogP contribution in [0, 0.1) is 17.8 Å². The maximum atomic E-state index is 5.31. The average Bonchev–Trinajstić information content (AvgIpc) is 2.40. The molecule has 0 aliphatic heterocycles. The van der Waals surface area contributed by atoms with E-state index in [4.69, 9.17) is 5.73 Å². The van der Waals surface area contributed by atoms with E-state index in [9.17, 15) is 0 Å². The molecular formula is C21H52N2. The fourth-order valence-corrected chi connectivity index (χ4v) is 1.84. The average molecular weight is 333 g/mol. The summed E-state index contributed by atoms with van der Waals surface area (Å²) in [6, 6.07) is 0. The van der Waals surface area contributed by atoms with Gasteiger partial charge in [0.05, 0.1) is 0 Å². The quantitative estimate of drug-likeness (QED) is 0.448. The first-order chi connectivity index (χ1) is 10.3. The highest BCUT2D eigenvalue weighted by Crippen LogP contribution is 2.04. The summed E-state index contributed by atoms with van der Waals surface area (Å²) in [5.74, 6) is 2.59. The first-order valence-corrected chi connectivity index (χ1v) is 9.72. The topological polar surface area (TPSA) is 38.0 Å². The van der Waals surface area contributed by atoms with Gasteiger partial charge in [-0.2, -0.15) is 0 Å². The molecule has 146 valence electrons. The Hall–Kier alpha value is -0.0800.